The largest absolute Gasteiger partial charge is 0.340 e. The number of aryl methyl sites for hydroxylation is 2. The Kier molecular flexibility index (Phi) is 4.30. The van der Waals surface area contributed by atoms with Crippen molar-refractivity contribution in [3.8, 4) is 5.69 Å². The Hall–Kier alpha value is -2.74. The minimum atomic E-state index is -0.389. The average Bonchev–Trinajstić information content (AvgIpc) is 3.14. The number of halogens is 1. The molecule has 0 aliphatic carbocycles. The van der Waals surface area contributed by atoms with E-state index in [1.165, 1.54) is 0 Å². The molecule has 0 aliphatic rings. The van der Waals surface area contributed by atoms with Gasteiger partial charge in [0, 0.05) is 7.05 Å². The fraction of sp³-hybridized carbons (Fsp3) is 0.267. The Morgan fingerprint density at radius 3 is 2.75 bits per heavy atom. The highest BCUT2D eigenvalue weighted by atomic mass is 35.5. The first kappa shape index (κ1) is 16.1. The Balaban J connectivity index is 1.83. The summed E-state index contributed by atoms with van der Waals surface area (Å²) in [6.45, 7) is 3.58. The van der Waals surface area contributed by atoms with Gasteiger partial charge in [-0.05, 0) is 26.0 Å². The standard InChI is InChI=1S/C15H16ClN7O/c1-9(14-20-17-8-22(14)3)18-15(24)13-19-10(2)23(21-13)12-7-5-4-6-11(12)16/h4-9H,1-3H3,(H,18,24)/t9-/m0/s1. The number of carbonyl (C=O) groups is 1. The van der Waals surface area contributed by atoms with Crippen LogP contribution in [0.3, 0.4) is 0 Å². The van der Waals surface area contributed by atoms with Crippen LogP contribution >= 0.6 is 11.6 Å². The van der Waals surface area contributed by atoms with Gasteiger partial charge in [-0.25, -0.2) is 9.67 Å². The molecule has 8 nitrogen and oxygen atoms in total. The van der Waals surface area contributed by atoms with Gasteiger partial charge in [-0.3, -0.25) is 4.79 Å². The number of aromatic nitrogens is 6. The van der Waals surface area contributed by atoms with E-state index in [1.807, 2.05) is 32.2 Å². The molecule has 124 valence electrons. The highest BCUT2D eigenvalue weighted by molar-refractivity contribution is 6.32. The minimum absolute atomic E-state index is 0.0708. The van der Waals surface area contributed by atoms with Crippen molar-refractivity contribution in [2.24, 2.45) is 7.05 Å². The van der Waals surface area contributed by atoms with E-state index >= 15 is 0 Å². The normalized spacial score (nSPS) is 12.2. The van der Waals surface area contributed by atoms with Gasteiger partial charge in [-0.15, -0.1) is 15.3 Å². The van der Waals surface area contributed by atoms with Gasteiger partial charge in [0.1, 0.15) is 12.2 Å². The van der Waals surface area contributed by atoms with Gasteiger partial charge in [0.15, 0.2) is 5.82 Å². The van der Waals surface area contributed by atoms with Crippen LogP contribution in [0.4, 0.5) is 0 Å². The zero-order chi connectivity index (χ0) is 17.3. The summed E-state index contributed by atoms with van der Waals surface area (Å²) in [6.07, 6.45) is 1.58. The molecule has 0 fully saturated rings. The van der Waals surface area contributed by atoms with Crippen molar-refractivity contribution >= 4 is 17.5 Å². The van der Waals surface area contributed by atoms with Crippen molar-refractivity contribution in [2.45, 2.75) is 19.9 Å². The maximum atomic E-state index is 12.4. The van der Waals surface area contributed by atoms with Crippen LogP contribution in [0.5, 0.6) is 0 Å². The number of nitrogens with one attached hydrogen (secondary N) is 1. The Bertz CT molecular complexity index is 886. The van der Waals surface area contributed by atoms with Crippen LogP contribution < -0.4 is 5.32 Å². The molecule has 24 heavy (non-hydrogen) atoms. The molecule has 1 amide bonds. The van der Waals surface area contributed by atoms with Crippen LogP contribution in [0.25, 0.3) is 5.69 Å². The average molecular weight is 346 g/mol. The molecular weight excluding hydrogens is 330 g/mol. The zero-order valence-electron chi connectivity index (χ0n) is 13.4. The van der Waals surface area contributed by atoms with Crippen LogP contribution in [0.15, 0.2) is 30.6 Å². The molecule has 0 aliphatic heterocycles. The topological polar surface area (TPSA) is 90.5 Å². The monoisotopic (exact) mass is 345 g/mol. The fourth-order valence-electron chi connectivity index (χ4n) is 2.35. The molecule has 0 bridgehead atoms. The van der Waals surface area contributed by atoms with E-state index < -0.39 is 0 Å². The summed E-state index contributed by atoms with van der Waals surface area (Å²) < 4.78 is 3.29. The number of benzene rings is 1. The van der Waals surface area contributed by atoms with E-state index in [0.29, 0.717) is 22.4 Å². The predicted molar refractivity (Wildman–Crippen MR) is 88.0 cm³/mol. The van der Waals surface area contributed by atoms with Crippen LogP contribution in [0.1, 0.15) is 35.2 Å². The first-order valence-corrected chi connectivity index (χ1v) is 7.68. The molecule has 1 atom stereocenters. The molecule has 9 heteroatoms. The van der Waals surface area contributed by atoms with Gasteiger partial charge in [-0.2, -0.15) is 0 Å². The van der Waals surface area contributed by atoms with E-state index in [4.69, 9.17) is 11.6 Å². The van der Waals surface area contributed by atoms with Crippen molar-refractivity contribution in [3.63, 3.8) is 0 Å². The second kappa shape index (κ2) is 6.40. The highest BCUT2D eigenvalue weighted by Gasteiger charge is 2.20. The van der Waals surface area contributed by atoms with Crippen molar-refractivity contribution in [3.05, 3.63) is 53.1 Å². The Morgan fingerprint density at radius 2 is 2.08 bits per heavy atom. The summed E-state index contributed by atoms with van der Waals surface area (Å²) in [7, 11) is 1.81. The first-order chi connectivity index (χ1) is 11.5. The zero-order valence-corrected chi connectivity index (χ0v) is 14.2. The smallest absolute Gasteiger partial charge is 0.291 e. The molecule has 1 aromatic carbocycles. The van der Waals surface area contributed by atoms with Gasteiger partial charge in [0.05, 0.1) is 16.8 Å². The highest BCUT2D eigenvalue weighted by Crippen LogP contribution is 2.20. The number of para-hydroxylation sites is 1. The second-order valence-electron chi connectivity index (χ2n) is 5.34. The molecular formula is C15H16ClN7O. The SMILES string of the molecule is Cc1nc(C(=O)N[C@@H](C)c2nncn2C)nn1-c1ccccc1Cl. The van der Waals surface area contributed by atoms with Crippen LogP contribution in [0, 0.1) is 6.92 Å². The van der Waals surface area contributed by atoms with E-state index in [0.717, 1.165) is 0 Å². The molecule has 2 aromatic heterocycles. The number of nitrogens with zero attached hydrogens (tertiary/aromatic N) is 6. The lowest BCUT2D eigenvalue weighted by Crippen LogP contribution is -2.29. The molecule has 0 radical (unpaired) electrons. The van der Waals surface area contributed by atoms with Gasteiger partial charge < -0.3 is 9.88 Å². The molecule has 0 unspecified atom stereocenters. The number of hydrogen-bond donors (Lipinski definition) is 1. The van der Waals surface area contributed by atoms with Crippen molar-refractivity contribution in [1.29, 1.82) is 0 Å². The third-order valence-corrected chi connectivity index (χ3v) is 3.85. The fourth-order valence-corrected chi connectivity index (χ4v) is 2.56. The van der Waals surface area contributed by atoms with E-state index in [9.17, 15) is 4.79 Å². The van der Waals surface area contributed by atoms with Crippen LogP contribution in [0.2, 0.25) is 5.02 Å². The van der Waals surface area contributed by atoms with Gasteiger partial charge in [0.2, 0.25) is 5.82 Å². The first-order valence-electron chi connectivity index (χ1n) is 7.30. The van der Waals surface area contributed by atoms with E-state index in [1.54, 1.807) is 28.6 Å². The van der Waals surface area contributed by atoms with E-state index in [-0.39, 0.29) is 17.8 Å². The van der Waals surface area contributed by atoms with Crippen LogP contribution in [-0.4, -0.2) is 35.4 Å². The lowest BCUT2D eigenvalue weighted by molar-refractivity contribution is 0.0927. The molecule has 3 aromatic rings. The number of amides is 1. The Morgan fingerprint density at radius 1 is 1.33 bits per heavy atom. The van der Waals surface area contributed by atoms with Crippen molar-refractivity contribution < 1.29 is 4.79 Å². The third kappa shape index (κ3) is 3.00. The van der Waals surface area contributed by atoms with Gasteiger partial charge >= 0.3 is 0 Å². The number of rotatable bonds is 4. The third-order valence-electron chi connectivity index (χ3n) is 3.53. The molecule has 2 heterocycles. The van der Waals surface area contributed by atoms with Crippen molar-refractivity contribution in [2.75, 3.05) is 0 Å². The lowest BCUT2D eigenvalue weighted by atomic mass is 10.3. The molecule has 3 rings (SSSR count). The summed E-state index contributed by atoms with van der Waals surface area (Å²) in [6, 6.07) is 6.92. The number of hydrogen-bond acceptors (Lipinski definition) is 5. The summed E-state index contributed by atoms with van der Waals surface area (Å²) >= 11 is 6.18. The maximum absolute atomic E-state index is 12.4. The van der Waals surface area contributed by atoms with Crippen LogP contribution in [-0.2, 0) is 7.05 Å². The van der Waals surface area contributed by atoms with Gasteiger partial charge in [-0.1, -0.05) is 23.7 Å². The Labute approximate surface area is 143 Å². The number of carbonyl (C=O) groups excluding carboxylic acids is 1. The summed E-state index contributed by atoms with van der Waals surface area (Å²) in [5.41, 5.74) is 0.671. The quantitative estimate of drug-likeness (QED) is 0.779. The summed E-state index contributed by atoms with van der Waals surface area (Å²) in [4.78, 5) is 16.6. The maximum Gasteiger partial charge on any atom is 0.291 e. The molecule has 0 saturated heterocycles. The minimum Gasteiger partial charge on any atom is -0.340 e. The summed E-state index contributed by atoms with van der Waals surface area (Å²) in [5.74, 6) is 0.894. The predicted octanol–water partition coefficient (Wildman–Crippen LogP) is 1.85. The molecule has 0 saturated carbocycles. The molecule has 1 N–H and O–H groups in total. The summed E-state index contributed by atoms with van der Waals surface area (Å²) in [5, 5.41) is 15.4. The van der Waals surface area contributed by atoms with Gasteiger partial charge in [0.25, 0.3) is 5.91 Å². The van der Waals surface area contributed by atoms with E-state index in [2.05, 4.69) is 25.6 Å². The van der Waals surface area contributed by atoms with Crippen molar-refractivity contribution in [1.82, 2.24) is 34.8 Å². The lowest BCUT2D eigenvalue weighted by Gasteiger charge is -2.11. The second-order valence-corrected chi connectivity index (χ2v) is 5.75. The molecule has 0 spiro atoms.